The molecule has 2 aliphatic heterocycles. The van der Waals surface area contributed by atoms with Gasteiger partial charge in [0, 0.05) is 23.1 Å². The summed E-state index contributed by atoms with van der Waals surface area (Å²) in [4.78, 5) is 45.4. The van der Waals surface area contributed by atoms with Crippen LogP contribution < -0.4 is 10.3 Å². The lowest BCUT2D eigenvalue weighted by Gasteiger charge is -2.34. The highest BCUT2D eigenvalue weighted by atomic mass is 79.9. The van der Waals surface area contributed by atoms with E-state index in [2.05, 4.69) is 15.9 Å². The molecule has 2 aliphatic rings. The van der Waals surface area contributed by atoms with E-state index in [9.17, 15) is 14.4 Å². The SMILES string of the molecule is CCN1C(=O)C2(c3ccccc31)c1c(oc3ccc(Br)cc3c1=O)C(=O)N2CCc1ccccc1. The first-order valence-corrected chi connectivity index (χ1v) is 12.3. The maximum Gasteiger partial charge on any atom is 0.291 e. The standard InChI is InChI=1S/C28H21BrN2O4/c1-2-30-21-11-7-6-10-20(21)28(27(30)34)23-24(32)19-16-18(29)12-13-22(19)35-25(23)26(33)31(28)15-14-17-8-4-3-5-9-17/h3-13,16H,2,14-15H2,1H3. The highest BCUT2D eigenvalue weighted by Crippen LogP contribution is 2.52. The highest BCUT2D eigenvalue weighted by molar-refractivity contribution is 9.10. The van der Waals surface area contributed by atoms with Crippen molar-refractivity contribution in [2.75, 3.05) is 18.0 Å². The first kappa shape index (κ1) is 21.8. The van der Waals surface area contributed by atoms with Crippen molar-refractivity contribution in [3.63, 3.8) is 0 Å². The smallest absolute Gasteiger partial charge is 0.291 e. The number of nitrogens with zero attached hydrogens (tertiary/aromatic N) is 2. The Labute approximate surface area is 209 Å². The maximum atomic E-state index is 14.2. The lowest BCUT2D eigenvalue weighted by Crippen LogP contribution is -2.54. The van der Waals surface area contributed by atoms with Gasteiger partial charge in [-0.2, -0.15) is 0 Å². The van der Waals surface area contributed by atoms with E-state index in [1.807, 2.05) is 61.5 Å². The monoisotopic (exact) mass is 528 g/mol. The van der Waals surface area contributed by atoms with E-state index in [1.165, 1.54) is 0 Å². The Kier molecular flexibility index (Phi) is 4.93. The maximum absolute atomic E-state index is 14.2. The number of carbonyl (C=O) groups is 2. The Morgan fingerprint density at radius 3 is 2.46 bits per heavy atom. The zero-order valence-electron chi connectivity index (χ0n) is 19.0. The molecule has 1 atom stereocenters. The van der Waals surface area contributed by atoms with Crippen molar-refractivity contribution in [1.29, 1.82) is 0 Å². The molecule has 1 unspecified atom stereocenters. The average molecular weight is 529 g/mol. The number of benzene rings is 3. The van der Waals surface area contributed by atoms with Crippen molar-refractivity contribution in [3.05, 3.63) is 110 Å². The number of para-hydroxylation sites is 1. The first-order valence-electron chi connectivity index (χ1n) is 11.5. The van der Waals surface area contributed by atoms with Gasteiger partial charge in [0.2, 0.25) is 5.76 Å². The molecule has 0 saturated heterocycles. The second kappa shape index (κ2) is 7.92. The minimum absolute atomic E-state index is 0.0565. The predicted octanol–water partition coefficient (Wildman–Crippen LogP) is 4.86. The summed E-state index contributed by atoms with van der Waals surface area (Å²) >= 11 is 3.42. The van der Waals surface area contributed by atoms with Gasteiger partial charge in [0.05, 0.1) is 16.6 Å². The van der Waals surface area contributed by atoms with Crippen molar-refractivity contribution in [2.24, 2.45) is 0 Å². The molecule has 7 heteroatoms. The Morgan fingerprint density at radius 1 is 0.943 bits per heavy atom. The summed E-state index contributed by atoms with van der Waals surface area (Å²) in [6.07, 6.45) is 0.531. The lowest BCUT2D eigenvalue weighted by molar-refractivity contribution is -0.126. The molecule has 3 heterocycles. The number of rotatable bonds is 4. The zero-order chi connectivity index (χ0) is 24.3. The third-order valence-corrected chi connectivity index (χ3v) is 7.47. The summed E-state index contributed by atoms with van der Waals surface area (Å²) in [7, 11) is 0. The second-order valence-corrected chi connectivity index (χ2v) is 9.66. The van der Waals surface area contributed by atoms with Crippen molar-refractivity contribution >= 4 is 44.4 Å². The van der Waals surface area contributed by atoms with E-state index in [0.29, 0.717) is 39.7 Å². The first-order chi connectivity index (χ1) is 17.0. The summed E-state index contributed by atoms with van der Waals surface area (Å²) < 4.78 is 6.78. The van der Waals surface area contributed by atoms with Gasteiger partial charge in [0.1, 0.15) is 5.58 Å². The Balaban J connectivity index is 1.65. The van der Waals surface area contributed by atoms with Gasteiger partial charge >= 0.3 is 0 Å². The number of hydrogen-bond acceptors (Lipinski definition) is 4. The molecule has 6 rings (SSSR count). The summed E-state index contributed by atoms with van der Waals surface area (Å²) in [5.74, 6) is -0.805. The van der Waals surface area contributed by atoms with Crippen LogP contribution in [0.5, 0.6) is 0 Å². The summed E-state index contributed by atoms with van der Waals surface area (Å²) in [5.41, 5.74) is 0.870. The number of fused-ring (bicyclic) bond motifs is 5. The van der Waals surface area contributed by atoms with Crippen LogP contribution in [-0.4, -0.2) is 29.8 Å². The molecule has 35 heavy (non-hydrogen) atoms. The van der Waals surface area contributed by atoms with Crippen LogP contribution in [0.15, 0.2) is 86.5 Å². The summed E-state index contributed by atoms with van der Waals surface area (Å²) in [5, 5.41) is 0.329. The van der Waals surface area contributed by atoms with E-state index < -0.39 is 11.4 Å². The number of hydrogen-bond donors (Lipinski definition) is 0. The number of amides is 2. The summed E-state index contributed by atoms with van der Waals surface area (Å²) in [6, 6.07) is 22.3. The normalized spacial score (nSPS) is 18.6. The van der Waals surface area contributed by atoms with Crippen LogP contribution in [0.4, 0.5) is 5.69 Å². The third kappa shape index (κ3) is 2.91. The molecular formula is C28H21BrN2O4. The van der Waals surface area contributed by atoms with Gasteiger partial charge in [-0.1, -0.05) is 64.5 Å². The van der Waals surface area contributed by atoms with E-state index in [1.54, 1.807) is 28.0 Å². The number of halogens is 1. The molecular weight excluding hydrogens is 508 g/mol. The average Bonchev–Trinajstić information content (AvgIpc) is 3.27. The van der Waals surface area contributed by atoms with Gasteiger partial charge < -0.3 is 14.2 Å². The van der Waals surface area contributed by atoms with Crippen molar-refractivity contribution in [2.45, 2.75) is 18.9 Å². The van der Waals surface area contributed by atoms with Crippen LogP contribution in [0, 0.1) is 0 Å². The molecule has 2 amide bonds. The highest BCUT2D eigenvalue weighted by Gasteiger charge is 2.64. The predicted molar refractivity (Wildman–Crippen MR) is 137 cm³/mol. The largest absolute Gasteiger partial charge is 0.450 e. The molecule has 6 nitrogen and oxygen atoms in total. The summed E-state index contributed by atoms with van der Waals surface area (Å²) in [6.45, 7) is 2.56. The van der Waals surface area contributed by atoms with E-state index in [0.717, 1.165) is 5.56 Å². The van der Waals surface area contributed by atoms with Gasteiger partial charge in [0.15, 0.2) is 11.0 Å². The molecule has 4 aromatic rings. The third-order valence-electron chi connectivity index (χ3n) is 6.98. The molecule has 0 radical (unpaired) electrons. The molecule has 0 N–H and O–H groups in total. The molecule has 174 valence electrons. The second-order valence-electron chi connectivity index (χ2n) is 8.75. The van der Waals surface area contributed by atoms with E-state index in [4.69, 9.17) is 4.42 Å². The van der Waals surface area contributed by atoms with Crippen LogP contribution >= 0.6 is 15.9 Å². The van der Waals surface area contributed by atoms with Gasteiger partial charge in [-0.15, -0.1) is 0 Å². The van der Waals surface area contributed by atoms with Gasteiger partial charge in [-0.05, 0) is 43.2 Å². The number of carbonyl (C=O) groups excluding carboxylic acids is 2. The molecule has 3 aromatic carbocycles. The molecule has 0 fully saturated rings. The topological polar surface area (TPSA) is 70.8 Å². The molecule has 0 aliphatic carbocycles. The van der Waals surface area contributed by atoms with Crippen molar-refractivity contribution in [1.82, 2.24) is 4.90 Å². The number of anilines is 1. The number of likely N-dealkylation sites (N-methyl/N-ethyl adjacent to an activating group) is 1. The molecule has 0 bridgehead atoms. The van der Waals surface area contributed by atoms with Crippen LogP contribution in [0.1, 0.15) is 34.2 Å². The van der Waals surface area contributed by atoms with Crippen molar-refractivity contribution < 1.29 is 14.0 Å². The Hall–Kier alpha value is -3.71. The fourth-order valence-electron chi connectivity index (χ4n) is 5.46. The van der Waals surface area contributed by atoms with Gasteiger partial charge in [0.25, 0.3) is 11.8 Å². The Morgan fingerprint density at radius 2 is 1.69 bits per heavy atom. The fraction of sp³-hybridized carbons (Fsp3) is 0.179. The Bertz CT molecular complexity index is 1580. The van der Waals surface area contributed by atoms with Crippen LogP contribution in [0.3, 0.4) is 0 Å². The van der Waals surface area contributed by atoms with Crippen LogP contribution in [-0.2, 0) is 16.8 Å². The fourth-order valence-corrected chi connectivity index (χ4v) is 5.82. The van der Waals surface area contributed by atoms with Gasteiger partial charge in [-0.3, -0.25) is 14.4 Å². The quantitative estimate of drug-likeness (QED) is 0.379. The van der Waals surface area contributed by atoms with Crippen molar-refractivity contribution in [3.8, 4) is 0 Å². The zero-order valence-corrected chi connectivity index (χ0v) is 20.5. The molecule has 1 aromatic heterocycles. The van der Waals surface area contributed by atoms with Gasteiger partial charge in [-0.25, -0.2) is 0 Å². The van der Waals surface area contributed by atoms with Crippen LogP contribution in [0.25, 0.3) is 11.0 Å². The lowest BCUT2D eigenvalue weighted by atomic mass is 9.83. The molecule has 1 spiro atoms. The molecule has 0 saturated carbocycles. The van der Waals surface area contributed by atoms with Crippen LogP contribution in [0.2, 0.25) is 0 Å². The van der Waals surface area contributed by atoms with E-state index >= 15 is 0 Å². The van der Waals surface area contributed by atoms with E-state index in [-0.39, 0.29) is 29.2 Å². The minimum Gasteiger partial charge on any atom is -0.450 e. The minimum atomic E-state index is -1.56.